The first-order valence-electron chi connectivity index (χ1n) is 12.2. The number of hydrogen-bond acceptors (Lipinski definition) is 8. The molecule has 2 aliphatic rings. The summed E-state index contributed by atoms with van der Waals surface area (Å²) in [5.74, 6) is -0.703. The fraction of sp³-hybridized carbons (Fsp3) is 0.296. The van der Waals surface area contributed by atoms with Gasteiger partial charge < -0.3 is 15.0 Å². The molecule has 11 heteroatoms. The molecule has 198 valence electrons. The van der Waals surface area contributed by atoms with Gasteiger partial charge in [0.25, 0.3) is 0 Å². The smallest absolute Gasteiger partial charge is 0.309 e. The Morgan fingerprint density at radius 2 is 1.95 bits per heavy atom. The van der Waals surface area contributed by atoms with Gasteiger partial charge in [0.05, 0.1) is 30.7 Å². The van der Waals surface area contributed by atoms with E-state index in [0.717, 1.165) is 12.0 Å². The summed E-state index contributed by atoms with van der Waals surface area (Å²) < 4.78 is 45.6. The lowest BCUT2D eigenvalue weighted by Crippen LogP contribution is -2.31. The molecule has 0 bridgehead atoms. The molecule has 1 aromatic heterocycles. The fourth-order valence-corrected chi connectivity index (χ4v) is 6.40. The SMILES string of the molecule is COC(=O)Cc1ccc(Nc2nc(N3CC=C(c4ccc(Cl)cc4)CC3)nc3c2S(=O)(=O)CCC3)c(F)c1. The van der Waals surface area contributed by atoms with E-state index < -0.39 is 21.6 Å². The molecule has 5 rings (SSSR count). The summed E-state index contributed by atoms with van der Waals surface area (Å²) in [4.78, 5) is 22.7. The number of anilines is 3. The van der Waals surface area contributed by atoms with Crippen molar-refractivity contribution < 1.29 is 22.3 Å². The van der Waals surface area contributed by atoms with E-state index >= 15 is 0 Å². The first kappa shape index (κ1) is 26.1. The van der Waals surface area contributed by atoms with Crippen molar-refractivity contribution in [3.8, 4) is 0 Å². The molecule has 0 amide bonds. The molecule has 0 fully saturated rings. The van der Waals surface area contributed by atoms with Gasteiger partial charge in [-0.25, -0.2) is 17.8 Å². The van der Waals surface area contributed by atoms with Gasteiger partial charge in [-0.2, -0.15) is 4.98 Å². The van der Waals surface area contributed by atoms with Crippen molar-refractivity contribution in [1.82, 2.24) is 9.97 Å². The molecule has 8 nitrogen and oxygen atoms in total. The summed E-state index contributed by atoms with van der Waals surface area (Å²) in [6.07, 6.45) is 3.72. The molecule has 2 aromatic carbocycles. The molecular formula is C27H26ClFN4O4S. The second-order valence-corrected chi connectivity index (χ2v) is 11.7. The minimum Gasteiger partial charge on any atom is -0.469 e. The number of nitrogens with zero attached hydrogens (tertiary/aromatic N) is 3. The van der Waals surface area contributed by atoms with Crippen molar-refractivity contribution in [2.24, 2.45) is 0 Å². The Morgan fingerprint density at radius 3 is 2.63 bits per heavy atom. The van der Waals surface area contributed by atoms with Crippen molar-refractivity contribution in [2.45, 2.75) is 30.6 Å². The monoisotopic (exact) mass is 556 g/mol. The van der Waals surface area contributed by atoms with Crippen LogP contribution in [0.25, 0.3) is 5.57 Å². The largest absolute Gasteiger partial charge is 0.469 e. The zero-order valence-electron chi connectivity index (χ0n) is 20.7. The van der Waals surface area contributed by atoms with Crippen LogP contribution >= 0.6 is 11.6 Å². The van der Waals surface area contributed by atoms with Crippen LogP contribution in [0.3, 0.4) is 0 Å². The maximum atomic E-state index is 15.0. The lowest BCUT2D eigenvalue weighted by molar-refractivity contribution is -0.139. The van der Waals surface area contributed by atoms with Crippen molar-refractivity contribution in [2.75, 3.05) is 36.2 Å². The minimum absolute atomic E-state index is 0.0138. The molecule has 0 saturated heterocycles. The molecule has 3 heterocycles. The van der Waals surface area contributed by atoms with E-state index in [0.29, 0.717) is 48.2 Å². The molecule has 0 radical (unpaired) electrons. The van der Waals surface area contributed by atoms with Crippen molar-refractivity contribution in [3.63, 3.8) is 0 Å². The van der Waals surface area contributed by atoms with Crippen LogP contribution in [0.15, 0.2) is 53.4 Å². The van der Waals surface area contributed by atoms with Crippen LogP contribution in [0.1, 0.15) is 29.7 Å². The van der Waals surface area contributed by atoms with Gasteiger partial charge in [-0.1, -0.05) is 35.9 Å². The molecule has 38 heavy (non-hydrogen) atoms. The van der Waals surface area contributed by atoms with Gasteiger partial charge in [-0.05, 0) is 60.2 Å². The summed E-state index contributed by atoms with van der Waals surface area (Å²) in [6.45, 7) is 1.18. The van der Waals surface area contributed by atoms with Crippen molar-refractivity contribution in [3.05, 3.63) is 76.2 Å². The Labute approximate surface area is 225 Å². The van der Waals surface area contributed by atoms with E-state index in [1.807, 2.05) is 29.2 Å². The number of aromatic nitrogens is 2. The lowest BCUT2D eigenvalue weighted by atomic mass is 10.00. The van der Waals surface area contributed by atoms with Gasteiger partial charge in [0.1, 0.15) is 10.7 Å². The fourth-order valence-electron chi connectivity index (χ4n) is 4.65. The van der Waals surface area contributed by atoms with E-state index in [9.17, 15) is 17.6 Å². The highest BCUT2D eigenvalue weighted by atomic mass is 35.5. The van der Waals surface area contributed by atoms with Crippen LogP contribution in [0.4, 0.5) is 21.8 Å². The van der Waals surface area contributed by atoms with Gasteiger partial charge in [0, 0.05) is 18.1 Å². The predicted molar refractivity (Wildman–Crippen MR) is 144 cm³/mol. The van der Waals surface area contributed by atoms with Gasteiger partial charge in [0.15, 0.2) is 15.7 Å². The third kappa shape index (κ3) is 5.51. The van der Waals surface area contributed by atoms with Crippen molar-refractivity contribution in [1.29, 1.82) is 0 Å². The average Bonchev–Trinajstić information content (AvgIpc) is 2.90. The number of sulfone groups is 1. The van der Waals surface area contributed by atoms with Crippen molar-refractivity contribution >= 4 is 50.4 Å². The predicted octanol–water partition coefficient (Wildman–Crippen LogP) is 4.74. The third-order valence-electron chi connectivity index (χ3n) is 6.63. The summed E-state index contributed by atoms with van der Waals surface area (Å²) in [7, 11) is -2.38. The van der Waals surface area contributed by atoms with Crippen LogP contribution in [0, 0.1) is 5.82 Å². The molecule has 0 aliphatic carbocycles. The molecule has 2 aliphatic heterocycles. The molecule has 1 N–H and O–H groups in total. The summed E-state index contributed by atoms with van der Waals surface area (Å²) >= 11 is 6.01. The number of halogens is 2. The van der Waals surface area contributed by atoms with Crippen LogP contribution < -0.4 is 10.2 Å². The number of fused-ring (bicyclic) bond motifs is 1. The average molecular weight is 557 g/mol. The molecule has 0 atom stereocenters. The van der Waals surface area contributed by atoms with E-state index in [-0.39, 0.29) is 28.6 Å². The van der Waals surface area contributed by atoms with Gasteiger partial charge in [-0.3, -0.25) is 4.79 Å². The Kier molecular flexibility index (Phi) is 7.36. The number of carbonyl (C=O) groups excluding carboxylic acids is 1. The van der Waals surface area contributed by atoms with Gasteiger partial charge in [0.2, 0.25) is 5.95 Å². The Bertz CT molecular complexity index is 1530. The summed E-state index contributed by atoms with van der Waals surface area (Å²) in [5.41, 5.74) is 3.20. The van der Waals surface area contributed by atoms with Gasteiger partial charge in [-0.15, -0.1) is 0 Å². The number of methoxy groups -OCH3 is 1. The van der Waals surface area contributed by atoms with Crippen LogP contribution in [-0.4, -0.2) is 50.3 Å². The van der Waals surface area contributed by atoms with Crippen LogP contribution in [-0.2, 0) is 32.2 Å². The molecule has 3 aromatic rings. The van der Waals surface area contributed by atoms with E-state index in [1.165, 1.54) is 24.8 Å². The van der Waals surface area contributed by atoms with Crippen LogP contribution in [0.2, 0.25) is 5.02 Å². The molecular weight excluding hydrogens is 531 g/mol. The number of rotatable bonds is 6. The standard InChI is InChI=1S/C27H26ClFN4O4S/c1-37-24(34)16-17-4-9-22(21(29)15-17)30-26-25-23(3-2-14-38(25,35)36)31-27(32-26)33-12-10-19(11-13-33)18-5-7-20(28)8-6-18/h4-10,15H,2-3,11-14,16H2,1H3,(H,30,31,32). The Hall–Kier alpha value is -3.50. The summed E-state index contributed by atoms with van der Waals surface area (Å²) in [5, 5.41) is 3.57. The number of benzene rings is 2. The molecule has 0 saturated carbocycles. The normalized spacial score (nSPS) is 16.4. The number of ether oxygens (including phenoxy) is 1. The second kappa shape index (κ2) is 10.7. The second-order valence-electron chi connectivity index (χ2n) is 9.19. The Morgan fingerprint density at radius 1 is 1.16 bits per heavy atom. The molecule has 0 spiro atoms. The van der Waals surface area contributed by atoms with E-state index in [4.69, 9.17) is 11.6 Å². The number of carbonyl (C=O) groups is 1. The quantitative estimate of drug-likeness (QED) is 0.434. The number of aryl methyl sites for hydroxylation is 1. The third-order valence-corrected chi connectivity index (χ3v) is 8.76. The Balaban J connectivity index is 1.46. The topological polar surface area (TPSA) is 101 Å². The number of nitrogens with one attached hydrogen (secondary N) is 1. The minimum atomic E-state index is -3.64. The zero-order valence-corrected chi connectivity index (χ0v) is 22.3. The highest BCUT2D eigenvalue weighted by Crippen LogP contribution is 2.35. The zero-order chi connectivity index (χ0) is 26.9. The maximum Gasteiger partial charge on any atom is 0.309 e. The van der Waals surface area contributed by atoms with E-state index in [1.54, 1.807) is 6.07 Å². The molecule has 0 unspecified atom stereocenters. The lowest BCUT2D eigenvalue weighted by Gasteiger charge is -2.29. The van der Waals surface area contributed by atoms with Gasteiger partial charge >= 0.3 is 5.97 Å². The summed E-state index contributed by atoms with van der Waals surface area (Å²) in [6, 6.07) is 11.9. The first-order valence-corrected chi connectivity index (χ1v) is 14.2. The maximum absolute atomic E-state index is 15.0. The number of esters is 1. The highest BCUT2D eigenvalue weighted by molar-refractivity contribution is 7.91. The van der Waals surface area contributed by atoms with E-state index in [2.05, 4.69) is 26.1 Å². The van der Waals surface area contributed by atoms with Crippen LogP contribution in [0.5, 0.6) is 0 Å². The number of hydrogen-bond donors (Lipinski definition) is 1. The highest BCUT2D eigenvalue weighted by Gasteiger charge is 2.31. The first-order chi connectivity index (χ1) is 18.2.